The molecule has 0 saturated heterocycles. The van der Waals surface area contributed by atoms with Gasteiger partial charge in [0.15, 0.2) is 5.75 Å². The third-order valence-corrected chi connectivity index (χ3v) is 4.62. The van der Waals surface area contributed by atoms with E-state index in [1.807, 2.05) is 0 Å². The Bertz CT molecular complexity index is 776. The van der Waals surface area contributed by atoms with Gasteiger partial charge in [0.1, 0.15) is 22.2 Å². The standard InChI is InChI=1S/C17H16ClFO3/c1-9-8-11(19)6-7-12(9)13-15(20)14(18)16(22-17(13)21)10-4-2-3-5-10/h6-8,10,20H,2-5H2,1H3. The maximum absolute atomic E-state index is 13.2. The molecule has 0 aliphatic heterocycles. The number of benzene rings is 1. The Labute approximate surface area is 132 Å². The molecule has 116 valence electrons. The number of hydrogen-bond acceptors (Lipinski definition) is 3. The molecule has 0 bridgehead atoms. The van der Waals surface area contributed by atoms with E-state index in [-0.39, 0.29) is 22.3 Å². The van der Waals surface area contributed by atoms with Gasteiger partial charge in [-0.05, 0) is 43.0 Å². The van der Waals surface area contributed by atoms with E-state index in [0.29, 0.717) is 16.9 Å². The van der Waals surface area contributed by atoms with Crippen LogP contribution in [0.4, 0.5) is 4.39 Å². The monoisotopic (exact) mass is 322 g/mol. The Hall–Kier alpha value is -1.81. The van der Waals surface area contributed by atoms with Crippen molar-refractivity contribution in [2.75, 3.05) is 0 Å². The van der Waals surface area contributed by atoms with Crippen LogP contribution >= 0.6 is 11.6 Å². The summed E-state index contributed by atoms with van der Waals surface area (Å²) in [5.74, 6) is -0.243. The summed E-state index contributed by atoms with van der Waals surface area (Å²) in [6, 6.07) is 3.98. The second-order valence-corrected chi connectivity index (χ2v) is 6.11. The molecule has 0 amide bonds. The van der Waals surface area contributed by atoms with Crippen LogP contribution in [0.2, 0.25) is 5.02 Å². The van der Waals surface area contributed by atoms with Crippen LogP contribution in [-0.4, -0.2) is 5.11 Å². The van der Waals surface area contributed by atoms with Gasteiger partial charge in [0.05, 0.1) is 0 Å². The average molecular weight is 323 g/mol. The van der Waals surface area contributed by atoms with Crippen LogP contribution in [0.3, 0.4) is 0 Å². The molecule has 1 aromatic carbocycles. The molecule has 2 aromatic rings. The molecule has 3 rings (SSSR count). The molecule has 5 heteroatoms. The molecular formula is C17H16ClFO3. The minimum Gasteiger partial charge on any atom is -0.505 e. The van der Waals surface area contributed by atoms with Crippen molar-refractivity contribution in [3.8, 4) is 16.9 Å². The quantitative estimate of drug-likeness (QED) is 0.866. The lowest BCUT2D eigenvalue weighted by molar-refractivity contribution is 0.404. The molecule has 1 aliphatic rings. The highest BCUT2D eigenvalue weighted by Crippen LogP contribution is 2.43. The van der Waals surface area contributed by atoms with Gasteiger partial charge in [-0.3, -0.25) is 0 Å². The Morgan fingerprint density at radius 1 is 1.32 bits per heavy atom. The third kappa shape index (κ3) is 2.52. The van der Waals surface area contributed by atoms with Crippen LogP contribution in [0.15, 0.2) is 27.4 Å². The largest absolute Gasteiger partial charge is 0.505 e. The molecule has 1 fully saturated rings. The lowest BCUT2D eigenvalue weighted by Gasteiger charge is -2.14. The van der Waals surface area contributed by atoms with Gasteiger partial charge in [0, 0.05) is 5.92 Å². The summed E-state index contributed by atoms with van der Waals surface area (Å²) in [6.07, 6.45) is 3.92. The lowest BCUT2D eigenvalue weighted by atomic mass is 9.99. The molecule has 1 aliphatic carbocycles. The van der Waals surface area contributed by atoms with Gasteiger partial charge in [0.25, 0.3) is 0 Å². The van der Waals surface area contributed by atoms with E-state index in [2.05, 4.69) is 0 Å². The van der Waals surface area contributed by atoms with Crippen molar-refractivity contribution in [2.24, 2.45) is 0 Å². The van der Waals surface area contributed by atoms with E-state index in [0.717, 1.165) is 25.7 Å². The van der Waals surface area contributed by atoms with Crippen molar-refractivity contribution in [1.82, 2.24) is 0 Å². The Morgan fingerprint density at radius 3 is 2.64 bits per heavy atom. The highest BCUT2D eigenvalue weighted by Gasteiger charge is 2.27. The molecule has 1 heterocycles. The van der Waals surface area contributed by atoms with Crippen molar-refractivity contribution < 1.29 is 13.9 Å². The van der Waals surface area contributed by atoms with Crippen molar-refractivity contribution in [1.29, 1.82) is 0 Å². The summed E-state index contributed by atoms with van der Waals surface area (Å²) in [6.45, 7) is 1.66. The van der Waals surface area contributed by atoms with Crippen molar-refractivity contribution in [3.05, 3.63) is 50.8 Å². The normalized spacial score (nSPS) is 15.4. The predicted molar refractivity (Wildman–Crippen MR) is 83.0 cm³/mol. The van der Waals surface area contributed by atoms with Gasteiger partial charge < -0.3 is 9.52 Å². The number of rotatable bonds is 2. The lowest BCUT2D eigenvalue weighted by Crippen LogP contribution is -2.09. The van der Waals surface area contributed by atoms with Gasteiger partial charge in [-0.25, -0.2) is 9.18 Å². The summed E-state index contributed by atoms with van der Waals surface area (Å²) in [5, 5.41) is 10.5. The van der Waals surface area contributed by atoms with Crippen LogP contribution in [-0.2, 0) is 0 Å². The zero-order valence-electron chi connectivity index (χ0n) is 12.2. The highest BCUT2D eigenvalue weighted by molar-refractivity contribution is 6.33. The Kier molecular flexibility index (Phi) is 3.96. The number of aryl methyl sites for hydroxylation is 1. The molecule has 22 heavy (non-hydrogen) atoms. The molecule has 1 N–H and O–H groups in total. The summed E-state index contributed by atoms with van der Waals surface area (Å²) in [4.78, 5) is 12.3. The van der Waals surface area contributed by atoms with E-state index in [4.69, 9.17) is 16.0 Å². The van der Waals surface area contributed by atoms with E-state index < -0.39 is 11.4 Å². The van der Waals surface area contributed by atoms with Crippen LogP contribution < -0.4 is 5.63 Å². The fraction of sp³-hybridized carbons (Fsp3) is 0.353. The van der Waals surface area contributed by atoms with E-state index in [9.17, 15) is 14.3 Å². The maximum atomic E-state index is 13.2. The van der Waals surface area contributed by atoms with Crippen molar-refractivity contribution in [2.45, 2.75) is 38.5 Å². The number of hydrogen-bond donors (Lipinski definition) is 1. The molecule has 1 saturated carbocycles. The second-order valence-electron chi connectivity index (χ2n) is 5.73. The molecule has 0 spiro atoms. The van der Waals surface area contributed by atoms with Crippen molar-refractivity contribution >= 4 is 11.6 Å². The summed E-state index contributed by atoms with van der Waals surface area (Å²) in [7, 11) is 0. The van der Waals surface area contributed by atoms with Crippen molar-refractivity contribution in [3.63, 3.8) is 0 Å². The SMILES string of the molecule is Cc1cc(F)ccc1-c1c(O)c(Cl)c(C2CCCC2)oc1=O. The maximum Gasteiger partial charge on any atom is 0.347 e. The summed E-state index contributed by atoms with van der Waals surface area (Å²) < 4.78 is 18.6. The number of halogens is 2. The Balaban J connectivity index is 2.17. The Morgan fingerprint density at radius 2 is 2.00 bits per heavy atom. The van der Waals surface area contributed by atoms with E-state index >= 15 is 0 Å². The molecule has 0 unspecified atom stereocenters. The van der Waals surface area contributed by atoms with Crippen LogP contribution in [0.25, 0.3) is 11.1 Å². The van der Waals surface area contributed by atoms with Gasteiger partial charge in [-0.2, -0.15) is 0 Å². The second kappa shape index (κ2) is 5.76. The van der Waals surface area contributed by atoms with Crippen LogP contribution in [0.5, 0.6) is 5.75 Å². The zero-order chi connectivity index (χ0) is 15.9. The number of aromatic hydroxyl groups is 1. The first kappa shape index (κ1) is 15.1. The molecule has 0 atom stereocenters. The van der Waals surface area contributed by atoms with Crippen LogP contribution in [0, 0.1) is 12.7 Å². The molecule has 0 radical (unpaired) electrons. The van der Waals surface area contributed by atoms with E-state index in [1.165, 1.54) is 18.2 Å². The minimum absolute atomic E-state index is 0.00996. The summed E-state index contributed by atoms with van der Waals surface area (Å²) in [5.41, 5.74) is 0.308. The topological polar surface area (TPSA) is 50.4 Å². The minimum atomic E-state index is -0.640. The molecular weight excluding hydrogens is 307 g/mol. The fourth-order valence-corrected chi connectivity index (χ4v) is 3.40. The third-order valence-electron chi connectivity index (χ3n) is 4.25. The first-order chi connectivity index (χ1) is 10.5. The van der Waals surface area contributed by atoms with Gasteiger partial charge in [-0.1, -0.05) is 30.5 Å². The first-order valence-electron chi connectivity index (χ1n) is 7.31. The highest BCUT2D eigenvalue weighted by atomic mass is 35.5. The smallest absolute Gasteiger partial charge is 0.347 e. The van der Waals surface area contributed by atoms with Gasteiger partial charge >= 0.3 is 5.63 Å². The zero-order valence-corrected chi connectivity index (χ0v) is 12.9. The van der Waals surface area contributed by atoms with Gasteiger partial charge in [-0.15, -0.1) is 0 Å². The van der Waals surface area contributed by atoms with Gasteiger partial charge in [0.2, 0.25) is 0 Å². The fourth-order valence-electron chi connectivity index (χ4n) is 3.11. The van der Waals surface area contributed by atoms with E-state index in [1.54, 1.807) is 6.92 Å². The summed E-state index contributed by atoms with van der Waals surface area (Å²) >= 11 is 6.23. The first-order valence-corrected chi connectivity index (χ1v) is 7.69. The van der Waals surface area contributed by atoms with Crippen LogP contribution in [0.1, 0.15) is 42.9 Å². The average Bonchev–Trinajstić information content (AvgIpc) is 2.99. The molecule has 1 aromatic heterocycles. The predicted octanol–water partition coefficient (Wildman–Crippen LogP) is 4.77. The molecule has 3 nitrogen and oxygen atoms in total.